The molecule has 1 aromatic carbocycles. The monoisotopic (exact) mass is 396 g/mol. The largest absolute Gasteiger partial charge is 0.459 e. The summed E-state index contributed by atoms with van der Waals surface area (Å²) in [7, 11) is 0. The Bertz CT molecular complexity index is 949. The molecule has 152 valence electrons. The number of furan rings is 1. The van der Waals surface area contributed by atoms with E-state index in [4.69, 9.17) is 13.7 Å². The molecule has 1 aliphatic rings. The molecule has 1 fully saturated rings. The molecule has 0 N–H and O–H groups in total. The lowest BCUT2D eigenvalue weighted by Gasteiger charge is -2.36. The van der Waals surface area contributed by atoms with Gasteiger partial charge in [0.2, 0.25) is 5.82 Å². The molecule has 0 saturated carbocycles. The maximum atomic E-state index is 12.2. The van der Waals surface area contributed by atoms with Gasteiger partial charge in [0.25, 0.3) is 5.89 Å². The Balaban J connectivity index is 1.37. The minimum absolute atomic E-state index is 0.253. The molecule has 3 heterocycles. The van der Waals surface area contributed by atoms with Crippen LogP contribution in [0, 0.1) is 0 Å². The van der Waals surface area contributed by atoms with E-state index in [-0.39, 0.29) is 6.09 Å². The molecule has 0 spiro atoms. The van der Waals surface area contributed by atoms with Crippen LogP contribution in [0.15, 0.2) is 51.6 Å². The Labute approximate surface area is 169 Å². The van der Waals surface area contributed by atoms with Crippen LogP contribution in [0.25, 0.3) is 23.0 Å². The molecule has 3 aromatic rings. The molecule has 0 bridgehead atoms. The molecule has 8 nitrogen and oxygen atoms in total. The standard InChI is InChI=1S/C21H24N4O4/c1-21(2,3)28-20(26)25-12-10-24(11-13-25)16-8-6-15(7-9-16)18-22-19(29-23-18)17-5-4-14-27-17/h4-9,14H,10-13H2,1-3H3. The van der Waals surface area contributed by atoms with E-state index in [1.807, 2.05) is 45.0 Å². The predicted molar refractivity (Wildman–Crippen MR) is 107 cm³/mol. The van der Waals surface area contributed by atoms with E-state index < -0.39 is 5.60 Å². The number of nitrogens with zero attached hydrogens (tertiary/aromatic N) is 4. The summed E-state index contributed by atoms with van der Waals surface area (Å²) in [4.78, 5) is 20.6. The second kappa shape index (κ2) is 7.62. The Morgan fingerprint density at radius 2 is 1.79 bits per heavy atom. The summed E-state index contributed by atoms with van der Waals surface area (Å²) in [6.45, 7) is 8.41. The minimum atomic E-state index is -0.476. The first-order chi connectivity index (χ1) is 13.9. The van der Waals surface area contributed by atoms with Gasteiger partial charge in [-0.15, -0.1) is 0 Å². The summed E-state index contributed by atoms with van der Waals surface area (Å²) in [6, 6.07) is 11.5. The quantitative estimate of drug-likeness (QED) is 0.660. The van der Waals surface area contributed by atoms with Crippen molar-refractivity contribution in [2.45, 2.75) is 26.4 Å². The number of carbonyl (C=O) groups is 1. The molecule has 0 radical (unpaired) electrons. The van der Waals surface area contributed by atoms with Crippen LogP contribution in [0.3, 0.4) is 0 Å². The van der Waals surface area contributed by atoms with Crippen molar-refractivity contribution in [2.75, 3.05) is 31.1 Å². The third kappa shape index (κ3) is 4.42. The average molecular weight is 396 g/mol. The molecule has 2 aromatic heterocycles. The van der Waals surface area contributed by atoms with Crippen molar-refractivity contribution in [1.82, 2.24) is 15.0 Å². The SMILES string of the molecule is CC(C)(C)OC(=O)N1CCN(c2ccc(-c3noc(-c4ccco4)n3)cc2)CC1. The maximum Gasteiger partial charge on any atom is 0.410 e. The zero-order chi connectivity index (χ0) is 20.4. The van der Waals surface area contributed by atoms with Crippen molar-refractivity contribution in [3.05, 3.63) is 42.7 Å². The Kier molecular flexibility index (Phi) is 5.00. The van der Waals surface area contributed by atoms with Crippen LogP contribution in [0.1, 0.15) is 20.8 Å². The molecular weight excluding hydrogens is 372 g/mol. The topological polar surface area (TPSA) is 84.8 Å². The third-order valence-corrected chi connectivity index (χ3v) is 4.58. The van der Waals surface area contributed by atoms with Crippen LogP contribution in [0.4, 0.5) is 10.5 Å². The highest BCUT2D eigenvalue weighted by atomic mass is 16.6. The summed E-state index contributed by atoms with van der Waals surface area (Å²) in [5.74, 6) is 1.41. The van der Waals surface area contributed by atoms with Crippen molar-refractivity contribution in [3.8, 4) is 23.0 Å². The fraction of sp³-hybridized carbons (Fsp3) is 0.381. The number of anilines is 1. The smallest absolute Gasteiger partial charge is 0.410 e. The van der Waals surface area contributed by atoms with Crippen LogP contribution >= 0.6 is 0 Å². The number of carbonyl (C=O) groups excluding carboxylic acids is 1. The summed E-state index contributed by atoms with van der Waals surface area (Å²) >= 11 is 0. The van der Waals surface area contributed by atoms with E-state index in [1.165, 1.54) is 0 Å². The van der Waals surface area contributed by atoms with E-state index in [2.05, 4.69) is 15.0 Å². The molecule has 4 rings (SSSR count). The van der Waals surface area contributed by atoms with Crippen molar-refractivity contribution >= 4 is 11.8 Å². The number of aromatic nitrogens is 2. The lowest BCUT2D eigenvalue weighted by atomic mass is 10.1. The third-order valence-electron chi connectivity index (χ3n) is 4.58. The first kappa shape index (κ1) is 19.0. The van der Waals surface area contributed by atoms with Crippen LogP contribution in [0.5, 0.6) is 0 Å². The number of rotatable bonds is 3. The van der Waals surface area contributed by atoms with Gasteiger partial charge in [-0.25, -0.2) is 4.79 Å². The average Bonchev–Trinajstić information content (AvgIpc) is 3.39. The van der Waals surface area contributed by atoms with Gasteiger partial charge in [0, 0.05) is 37.4 Å². The van der Waals surface area contributed by atoms with Gasteiger partial charge in [0.05, 0.1) is 6.26 Å². The van der Waals surface area contributed by atoms with Gasteiger partial charge >= 0.3 is 6.09 Å². The zero-order valence-electron chi connectivity index (χ0n) is 16.8. The number of ether oxygens (including phenoxy) is 1. The first-order valence-corrected chi connectivity index (χ1v) is 9.60. The fourth-order valence-corrected chi connectivity index (χ4v) is 3.14. The van der Waals surface area contributed by atoms with E-state index in [0.29, 0.717) is 30.6 Å². The second-order valence-electron chi connectivity index (χ2n) is 7.90. The highest BCUT2D eigenvalue weighted by molar-refractivity contribution is 5.69. The van der Waals surface area contributed by atoms with Gasteiger partial charge in [0.15, 0.2) is 5.76 Å². The predicted octanol–water partition coefficient (Wildman–Crippen LogP) is 4.05. The normalized spacial score (nSPS) is 14.9. The lowest BCUT2D eigenvalue weighted by molar-refractivity contribution is 0.0240. The van der Waals surface area contributed by atoms with Crippen LogP contribution in [-0.2, 0) is 4.74 Å². The van der Waals surface area contributed by atoms with Crippen LogP contribution in [0.2, 0.25) is 0 Å². The number of hydrogen-bond donors (Lipinski definition) is 0. The number of benzene rings is 1. The van der Waals surface area contributed by atoms with Gasteiger partial charge in [-0.3, -0.25) is 0 Å². The Hall–Kier alpha value is -3.29. The Morgan fingerprint density at radius 3 is 2.41 bits per heavy atom. The summed E-state index contributed by atoms with van der Waals surface area (Å²) < 4.78 is 16.0. The summed E-state index contributed by atoms with van der Waals surface area (Å²) in [6.07, 6.45) is 1.31. The molecule has 29 heavy (non-hydrogen) atoms. The number of piperazine rings is 1. The van der Waals surface area contributed by atoms with E-state index in [9.17, 15) is 4.79 Å². The summed E-state index contributed by atoms with van der Waals surface area (Å²) in [5.41, 5.74) is 1.48. The Morgan fingerprint density at radius 1 is 1.07 bits per heavy atom. The molecule has 1 saturated heterocycles. The van der Waals surface area contributed by atoms with E-state index in [1.54, 1.807) is 23.3 Å². The minimum Gasteiger partial charge on any atom is -0.459 e. The first-order valence-electron chi connectivity index (χ1n) is 9.60. The lowest BCUT2D eigenvalue weighted by Crippen LogP contribution is -2.50. The molecule has 1 amide bonds. The van der Waals surface area contributed by atoms with Crippen molar-refractivity contribution < 1.29 is 18.5 Å². The molecule has 0 unspecified atom stereocenters. The molecule has 1 aliphatic heterocycles. The highest BCUT2D eigenvalue weighted by Crippen LogP contribution is 2.25. The van der Waals surface area contributed by atoms with E-state index in [0.717, 1.165) is 24.3 Å². The van der Waals surface area contributed by atoms with Crippen molar-refractivity contribution in [1.29, 1.82) is 0 Å². The van der Waals surface area contributed by atoms with Gasteiger partial charge in [-0.1, -0.05) is 5.16 Å². The number of hydrogen-bond acceptors (Lipinski definition) is 7. The molecular formula is C21H24N4O4. The van der Waals surface area contributed by atoms with Crippen molar-refractivity contribution in [2.24, 2.45) is 0 Å². The second-order valence-corrected chi connectivity index (χ2v) is 7.90. The van der Waals surface area contributed by atoms with E-state index >= 15 is 0 Å². The van der Waals surface area contributed by atoms with Gasteiger partial charge in [-0.2, -0.15) is 4.98 Å². The number of amides is 1. The zero-order valence-corrected chi connectivity index (χ0v) is 16.8. The summed E-state index contributed by atoms with van der Waals surface area (Å²) in [5, 5.41) is 4.03. The highest BCUT2D eigenvalue weighted by Gasteiger charge is 2.26. The van der Waals surface area contributed by atoms with Gasteiger partial charge in [0.1, 0.15) is 5.60 Å². The van der Waals surface area contributed by atoms with Gasteiger partial charge in [-0.05, 0) is 57.2 Å². The molecule has 0 atom stereocenters. The molecule has 8 heteroatoms. The van der Waals surface area contributed by atoms with Gasteiger partial charge < -0.3 is 23.5 Å². The molecule has 0 aliphatic carbocycles. The maximum absolute atomic E-state index is 12.2. The fourth-order valence-electron chi connectivity index (χ4n) is 3.14. The van der Waals surface area contributed by atoms with Crippen LogP contribution in [-0.4, -0.2) is 52.9 Å². The van der Waals surface area contributed by atoms with Crippen molar-refractivity contribution in [3.63, 3.8) is 0 Å². The van der Waals surface area contributed by atoms with Crippen LogP contribution < -0.4 is 4.90 Å².